The lowest BCUT2D eigenvalue weighted by Crippen LogP contribution is -2.11. The molecule has 0 bridgehead atoms. The summed E-state index contributed by atoms with van der Waals surface area (Å²) < 4.78 is 5.16. The molecule has 1 aliphatic rings. The highest BCUT2D eigenvalue weighted by atomic mass is 16.4. The van der Waals surface area contributed by atoms with E-state index in [4.69, 9.17) is 4.42 Å². The van der Waals surface area contributed by atoms with E-state index in [1.807, 2.05) is 12.1 Å². The second-order valence-electron chi connectivity index (χ2n) is 3.48. The minimum atomic E-state index is -0.466. The molecular weight excluding hydrogens is 164 g/mol. The highest BCUT2D eigenvalue weighted by Gasteiger charge is 2.21. The molecule has 0 saturated heterocycles. The van der Waals surface area contributed by atoms with Crippen molar-refractivity contribution >= 4 is 0 Å². The highest BCUT2D eigenvalue weighted by molar-refractivity contribution is 5.07. The Morgan fingerprint density at radius 1 is 1.54 bits per heavy atom. The Labute approximate surface area is 77.9 Å². The third-order valence-electron chi connectivity index (χ3n) is 2.53. The molecule has 0 saturated carbocycles. The average Bonchev–Trinajstić information content (AvgIpc) is 2.71. The number of hydrogen-bond acceptors (Lipinski definition) is 2. The van der Waals surface area contributed by atoms with Crippen molar-refractivity contribution in [3.05, 3.63) is 36.3 Å². The van der Waals surface area contributed by atoms with E-state index in [9.17, 15) is 5.11 Å². The second-order valence-corrected chi connectivity index (χ2v) is 3.48. The van der Waals surface area contributed by atoms with E-state index in [1.165, 1.54) is 6.42 Å². The molecule has 2 rings (SSSR count). The van der Waals surface area contributed by atoms with Crippen LogP contribution in [0.2, 0.25) is 0 Å². The lowest BCUT2D eigenvalue weighted by Gasteiger charge is -2.20. The third kappa shape index (κ3) is 1.83. The number of allylic oxidation sites excluding steroid dienone is 1. The van der Waals surface area contributed by atoms with Gasteiger partial charge in [0.25, 0.3) is 0 Å². The maximum Gasteiger partial charge on any atom is 0.132 e. The molecule has 1 aromatic heterocycles. The lowest BCUT2D eigenvalue weighted by atomic mass is 9.90. The van der Waals surface area contributed by atoms with Crippen LogP contribution in [0.15, 0.2) is 35.0 Å². The van der Waals surface area contributed by atoms with Crippen LogP contribution in [0, 0.1) is 5.92 Å². The van der Waals surface area contributed by atoms with Crippen LogP contribution in [0.3, 0.4) is 0 Å². The Morgan fingerprint density at radius 2 is 2.46 bits per heavy atom. The maximum absolute atomic E-state index is 9.89. The number of aliphatic hydroxyl groups excluding tert-OH is 1. The highest BCUT2D eigenvalue weighted by Crippen LogP contribution is 2.30. The second kappa shape index (κ2) is 3.79. The number of hydrogen-bond donors (Lipinski definition) is 1. The maximum atomic E-state index is 9.89. The van der Waals surface area contributed by atoms with E-state index in [0.717, 1.165) is 12.8 Å². The molecule has 2 unspecified atom stereocenters. The van der Waals surface area contributed by atoms with Crippen molar-refractivity contribution < 1.29 is 9.52 Å². The molecule has 1 aromatic rings. The van der Waals surface area contributed by atoms with Crippen LogP contribution >= 0.6 is 0 Å². The SMILES string of the molecule is OC(c1ccco1)C1C=CCCC1. The van der Waals surface area contributed by atoms with Gasteiger partial charge in [-0.25, -0.2) is 0 Å². The minimum absolute atomic E-state index is 0.236. The zero-order valence-electron chi connectivity index (χ0n) is 7.52. The van der Waals surface area contributed by atoms with Crippen molar-refractivity contribution in [1.29, 1.82) is 0 Å². The molecule has 2 nitrogen and oxygen atoms in total. The van der Waals surface area contributed by atoms with Gasteiger partial charge in [-0.2, -0.15) is 0 Å². The van der Waals surface area contributed by atoms with Crippen LogP contribution in [0.25, 0.3) is 0 Å². The van der Waals surface area contributed by atoms with Crippen molar-refractivity contribution in [3.63, 3.8) is 0 Å². The number of furan rings is 1. The van der Waals surface area contributed by atoms with Gasteiger partial charge in [0.1, 0.15) is 11.9 Å². The van der Waals surface area contributed by atoms with E-state index < -0.39 is 6.10 Å². The summed E-state index contributed by atoms with van der Waals surface area (Å²) in [6.45, 7) is 0. The number of rotatable bonds is 2. The Kier molecular flexibility index (Phi) is 2.50. The van der Waals surface area contributed by atoms with Gasteiger partial charge in [0.15, 0.2) is 0 Å². The zero-order chi connectivity index (χ0) is 9.10. The number of aliphatic hydroxyl groups is 1. The molecule has 13 heavy (non-hydrogen) atoms. The Balaban J connectivity index is 2.08. The smallest absolute Gasteiger partial charge is 0.132 e. The molecule has 1 N–H and O–H groups in total. The van der Waals surface area contributed by atoms with Gasteiger partial charge in [-0.1, -0.05) is 12.2 Å². The first-order valence-electron chi connectivity index (χ1n) is 4.76. The van der Waals surface area contributed by atoms with E-state index in [-0.39, 0.29) is 5.92 Å². The van der Waals surface area contributed by atoms with E-state index in [0.29, 0.717) is 5.76 Å². The summed E-state index contributed by atoms with van der Waals surface area (Å²) in [5, 5.41) is 9.89. The van der Waals surface area contributed by atoms with Crippen LogP contribution < -0.4 is 0 Å². The van der Waals surface area contributed by atoms with Gasteiger partial charge < -0.3 is 9.52 Å². The molecule has 0 spiro atoms. The van der Waals surface area contributed by atoms with Gasteiger partial charge >= 0.3 is 0 Å². The monoisotopic (exact) mass is 178 g/mol. The van der Waals surface area contributed by atoms with Gasteiger partial charge in [0, 0.05) is 5.92 Å². The van der Waals surface area contributed by atoms with Gasteiger partial charge in [-0.3, -0.25) is 0 Å². The van der Waals surface area contributed by atoms with Crippen molar-refractivity contribution in [3.8, 4) is 0 Å². The van der Waals surface area contributed by atoms with E-state index in [1.54, 1.807) is 6.26 Å². The normalized spacial score (nSPS) is 24.5. The van der Waals surface area contributed by atoms with Crippen LogP contribution in [-0.2, 0) is 0 Å². The molecular formula is C11H14O2. The molecule has 1 heterocycles. The molecule has 70 valence electrons. The fraction of sp³-hybridized carbons (Fsp3) is 0.455. The van der Waals surface area contributed by atoms with Crippen LogP contribution in [0.4, 0.5) is 0 Å². The molecule has 1 aliphatic carbocycles. The van der Waals surface area contributed by atoms with Crippen LogP contribution in [0.5, 0.6) is 0 Å². The lowest BCUT2D eigenvalue weighted by molar-refractivity contribution is 0.0999. The first kappa shape index (κ1) is 8.57. The van der Waals surface area contributed by atoms with Gasteiger partial charge in [0.05, 0.1) is 6.26 Å². The predicted octanol–water partition coefficient (Wildman–Crippen LogP) is 2.67. The summed E-state index contributed by atoms with van der Waals surface area (Å²) in [5.74, 6) is 0.913. The Morgan fingerprint density at radius 3 is 3.08 bits per heavy atom. The molecule has 0 amide bonds. The standard InChI is InChI=1S/C11H14O2/c12-11(10-7-4-8-13-10)9-5-2-1-3-6-9/h2,4-5,7-9,11-12H,1,3,6H2. The molecule has 2 atom stereocenters. The van der Waals surface area contributed by atoms with Crippen LogP contribution in [0.1, 0.15) is 31.1 Å². The van der Waals surface area contributed by atoms with Gasteiger partial charge in [0.2, 0.25) is 0 Å². The fourth-order valence-corrected chi connectivity index (χ4v) is 1.77. The largest absolute Gasteiger partial charge is 0.467 e. The molecule has 2 heteroatoms. The van der Waals surface area contributed by atoms with Crippen molar-refractivity contribution in [1.82, 2.24) is 0 Å². The average molecular weight is 178 g/mol. The third-order valence-corrected chi connectivity index (χ3v) is 2.53. The summed E-state index contributed by atoms with van der Waals surface area (Å²) in [7, 11) is 0. The van der Waals surface area contributed by atoms with E-state index >= 15 is 0 Å². The minimum Gasteiger partial charge on any atom is -0.467 e. The summed E-state index contributed by atoms with van der Waals surface area (Å²) in [6, 6.07) is 3.64. The molecule has 0 aliphatic heterocycles. The predicted molar refractivity (Wildman–Crippen MR) is 50.1 cm³/mol. The fourth-order valence-electron chi connectivity index (χ4n) is 1.77. The first-order chi connectivity index (χ1) is 6.38. The van der Waals surface area contributed by atoms with Crippen molar-refractivity contribution in [2.24, 2.45) is 5.92 Å². The summed E-state index contributed by atoms with van der Waals surface area (Å²) in [6.07, 6.45) is 8.73. The molecule has 0 radical (unpaired) electrons. The Hall–Kier alpha value is -1.02. The molecule has 0 aromatic carbocycles. The zero-order valence-corrected chi connectivity index (χ0v) is 7.52. The summed E-state index contributed by atoms with van der Waals surface area (Å²) in [4.78, 5) is 0. The van der Waals surface area contributed by atoms with Crippen LogP contribution in [-0.4, -0.2) is 5.11 Å². The summed E-state index contributed by atoms with van der Waals surface area (Å²) in [5.41, 5.74) is 0. The van der Waals surface area contributed by atoms with Crippen molar-refractivity contribution in [2.75, 3.05) is 0 Å². The quantitative estimate of drug-likeness (QED) is 0.706. The first-order valence-corrected chi connectivity index (χ1v) is 4.76. The van der Waals surface area contributed by atoms with Gasteiger partial charge in [-0.05, 0) is 31.4 Å². The van der Waals surface area contributed by atoms with E-state index in [2.05, 4.69) is 12.2 Å². The Bertz CT molecular complexity index is 274. The topological polar surface area (TPSA) is 33.4 Å². The van der Waals surface area contributed by atoms with Crippen molar-refractivity contribution in [2.45, 2.75) is 25.4 Å². The summed E-state index contributed by atoms with van der Waals surface area (Å²) >= 11 is 0. The van der Waals surface area contributed by atoms with Gasteiger partial charge in [-0.15, -0.1) is 0 Å². The molecule has 0 fully saturated rings.